The van der Waals surface area contributed by atoms with Crippen LogP contribution in [0.1, 0.15) is 43.2 Å². The molecule has 1 aromatic rings. The van der Waals surface area contributed by atoms with Gasteiger partial charge in [0.2, 0.25) is 0 Å². The molecule has 2 N–H and O–H groups in total. The maximum absolute atomic E-state index is 12.4. The molecular formula is C16H23NO. The van der Waals surface area contributed by atoms with Gasteiger partial charge in [-0.3, -0.25) is 4.79 Å². The first kappa shape index (κ1) is 13.3. The fourth-order valence-corrected chi connectivity index (χ4v) is 2.89. The van der Waals surface area contributed by atoms with Crippen LogP contribution in [0.2, 0.25) is 0 Å². The molecule has 2 nitrogen and oxygen atoms in total. The van der Waals surface area contributed by atoms with Crippen molar-refractivity contribution in [2.45, 2.75) is 51.5 Å². The molecule has 0 heterocycles. The van der Waals surface area contributed by atoms with Gasteiger partial charge in [0.15, 0.2) is 0 Å². The lowest BCUT2D eigenvalue weighted by Gasteiger charge is -2.20. The van der Waals surface area contributed by atoms with Crippen LogP contribution in [0.5, 0.6) is 0 Å². The number of nitrogens with two attached hydrogens (primary N) is 1. The van der Waals surface area contributed by atoms with Crippen LogP contribution in [-0.4, -0.2) is 11.8 Å². The van der Waals surface area contributed by atoms with Gasteiger partial charge < -0.3 is 5.73 Å². The minimum atomic E-state index is 0.0739. The van der Waals surface area contributed by atoms with Gasteiger partial charge in [-0.2, -0.15) is 0 Å². The SMILES string of the molecule is Cc1cccc(CC(=O)C2CCCCCC2N)c1. The van der Waals surface area contributed by atoms with Crippen molar-refractivity contribution in [3.8, 4) is 0 Å². The molecule has 1 saturated carbocycles. The van der Waals surface area contributed by atoms with Crippen LogP contribution in [0.3, 0.4) is 0 Å². The van der Waals surface area contributed by atoms with E-state index in [9.17, 15) is 4.79 Å². The first-order chi connectivity index (χ1) is 8.66. The Morgan fingerprint density at radius 3 is 2.83 bits per heavy atom. The zero-order valence-electron chi connectivity index (χ0n) is 11.2. The molecule has 0 saturated heterocycles. The zero-order chi connectivity index (χ0) is 13.0. The van der Waals surface area contributed by atoms with Crippen LogP contribution in [0.15, 0.2) is 24.3 Å². The van der Waals surface area contributed by atoms with Gasteiger partial charge in [-0.25, -0.2) is 0 Å². The smallest absolute Gasteiger partial charge is 0.141 e. The summed E-state index contributed by atoms with van der Waals surface area (Å²) in [5.41, 5.74) is 8.48. The van der Waals surface area contributed by atoms with Gasteiger partial charge >= 0.3 is 0 Å². The zero-order valence-corrected chi connectivity index (χ0v) is 11.2. The highest BCUT2D eigenvalue weighted by Gasteiger charge is 2.26. The lowest BCUT2D eigenvalue weighted by molar-refractivity contribution is -0.123. The van der Waals surface area contributed by atoms with E-state index in [0.29, 0.717) is 12.2 Å². The lowest BCUT2D eigenvalue weighted by atomic mass is 9.88. The van der Waals surface area contributed by atoms with Crippen LogP contribution in [0, 0.1) is 12.8 Å². The fraction of sp³-hybridized carbons (Fsp3) is 0.562. The van der Waals surface area contributed by atoms with Crippen LogP contribution >= 0.6 is 0 Å². The average molecular weight is 245 g/mol. The Morgan fingerprint density at radius 2 is 2.06 bits per heavy atom. The van der Waals surface area contributed by atoms with Gasteiger partial charge in [0.05, 0.1) is 0 Å². The minimum Gasteiger partial charge on any atom is -0.327 e. The standard InChI is InChI=1S/C16H23NO/c1-12-6-5-7-13(10-12)11-16(18)14-8-3-2-4-9-15(14)17/h5-7,10,14-15H,2-4,8-9,11,17H2,1H3. The molecule has 2 atom stereocenters. The highest BCUT2D eigenvalue weighted by molar-refractivity contribution is 5.84. The fourth-order valence-electron chi connectivity index (χ4n) is 2.89. The lowest BCUT2D eigenvalue weighted by Crippen LogP contribution is -2.35. The predicted octanol–water partition coefficient (Wildman–Crippen LogP) is 3.01. The maximum Gasteiger partial charge on any atom is 0.141 e. The Hall–Kier alpha value is -1.15. The van der Waals surface area contributed by atoms with Crippen molar-refractivity contribution >= 4 is 5.78 Å². The van der Waals surface area contributed by atoms with Crippen molar-refractivity contribution in [1.82, 2.24) is 0 Å². The summed E-state index contributed by atoms with van der Waals surface area (Å²) in [4.78, 5) is 12.4. The molecule has 0 aromatic heterocycles. The second-order valence-corrected chi connectivity index (χ2v) is 5.54. The van der Waals surface area contributed by atoms with E-state index in [-0.39, 0.29) is 12.0 Å². The minimum absolute atomic E-state index is 0.0739. The summed E-state index contributed by atoms with van der Waals surface area (Å²) < 4.78 is 0. The second-order valence-electron chi connectivity index (χ2n) is 5.54. The van der Waals surface area contributed by atoms with E-state index >= 15 is 0 Å². The third-order valence-corrected chi connectivity index (χ3v) is 3.94. The van der Waals surface area contributed by atoms with Crippen molar-refractivity contribution in [3.05, 3.63) is 35.4 Å². The van der Waals surface area contributed by atoms with E-state index in [1.54, 1.807) is 0 Å². The third-order valence-electron chi connectivity index (χ3n) is 3.94. The molecule has 0 radical (unpaired) electrons. The first-order valence-electron chi connectivity index (χ1n) is 7.00. The number of hydrogen-bond acceptors (Lipinski definition) is 2. The summed E-state index contributed by atoms with van der Waals surface area (Å²) in [5, 5.41) is 0. The summed E-state index contributed by atoms with van der Waals surface area (Å²) in [5.74, 6) is 0.406. The average Bonchev–Trinajstić information content (AvgIpc) is 2.54. The van der Waals surface area contributed by atoms with Gasteiger partial charge in [0.1, 0.15) is 5.78 Å². The van der Waals surface area contributed by atoms with Crippen molar-refractivity contribution in [2.24, 2.45) is 11.7 Å². The summed E-state index contributed by atoms with van der Waals surface area (Å²) in [6, 6.07) is 8.29. The van der Waals surface area contributed by atoms with Crippen LogP contribution in [0.4, 0.5) is 0 Å². The van der Waals surface area contributed by atoms with Crippen LogP contribution in [-0.2, 0) is 11.2 Å². The Labute approximate surface area is 110 Å². The summed E-state index contributed by atoms with van der Waals surface area (Å²) in [6.45, 7) is 2.06. The summed E-state index contributed by atoms with van der Waals surface area (Å²) in [7, 11) is 0. The van der Waals surface area contributed by atoms with E-state index in [1.165, 1.54) is 18.4 Å². The summed E-state index contributed by atoms with van der Waals surface area (Å²) in [6.07, 6.45) is 6.07. The predicted molar refractivity (Wildman–Crippen MR) is 74.4 cm³/mol. The molecule has 2 rings (SSSR count). The molecule has 0 aliphatic heterocycles. The second kappa shape index (κ2) is 6.14. The van der Waals surface area contributed by atoms with Crippen LogP contribution < -0.4 is 5.73 Å². The first-order valence-corrected chi connectivity index (χ1v) is 7.00. The van der Waals surface area contributed by atoms with Gasteiger partial charge in [-0.1, -0.05) is 49.1 Å². The molecule has 1 aliphatic rings. The molecule has 2 unspecified atom stereocenters. The Morgan fingerprint density at radius 1 is 1.28 bits per heavy atom. The normalized spacial score (nSPS) is 24.6. The molecule has 2 heteroatoms. The number of carbonyl (C=O) groups is 1. The molecule has 0 amide bonds. The number of aryl methyl sites for hydroxylation is 1. The molecule has 0 spiro atoms. The number of rotatable bonds is 3. The highest BCUT2D eigenvalue weighted by atomic mass is 16.1. The number of carbonyl (C=O) groups excluding carboxylic acids is 1. The maximum atomic E-state index is 12.4. The van der Waals surface area contributed by atoms with Gasteiger partial charge in [0.25, 0.3) is 0 Å². The summed E-state index contributed by atoms with van der Waals surface area (Å²) >= 11 is 0. The Kier molecular flexibility index (Phi) is 4.54. The molecule has 98 valence electrons. The van der Waals surface area contributed by atoms with Gasteiger partial charge in [-0.15, -0.1) is 0 Å². The molecule has 18 heavy (non-hydrogen) atoms. The number of ketones is 1. The molecule has 0 bridgehead atoms. The monoisotopic (exact) mass is 245 g/mol. The topological polar surface area (TPSA) is 43.1 Å². The van der Waals surface area contributed by atoms with Crippen molar-refractivity contribution in [1.29, 1.82) is 0 Å². The molecule has 1 aliphatic carbocycles. The number of Topliss-reactive ketones (excluding diaryl/α,β-unsaturated/α-hetero) is 1. The largest absolute Gasteiger partial charge is 0.327 e. The van der Waals surface area contributed by atoms with Gasteiger partial charge in [0, 0.05) is 18.4 Å². The van der Waals surface area contributed by atoms with Gasteiger partial charge in [-0.05, 0) is 25.3 Å². The molecular weight excluding hydrogens is 222 g/mol. The number of benzene rings is 1. The van der Waals surface area contributed by atoms with Crippen molar-refractivity contribution in [2.75, 3.05) is 0 Å². The van der Waals surface area contributed by atoms with E-state index in [0.717, 1.165) is 24.8 Å². The van der Waals surface area contributed by atoms with E-state index in [4.69, 9.17) is 5.73 Å². The molecule has 1 aromatic carbocycles. The highest BCUT2D eigenvalue weighted by Crippen LogP contribution is 2.24. The Bertz CT molecular complexity index is 413. The van der Waals surface area contributed by atoms with Crippen molar-refractivity contribution in [3.63, 3.8) is 0 Å². The van der Waals surface area contributed by atoms with E-state index in [1.807, 2.05) is 12.1 Å². The van der Waals surface area contributed by atoms with Crippen LogP contribution in [0.25, 0.3) is 0 Å². The van der Waals surface area contributed by atoms with Crippen molar-refractivity contribution < 1.29 is 4.79 Å². The van der Waals surface area contributed by atoms with E-state index in [2.05, 4.69) is 19.1 Å². The Balaban J connectivity index is 2.02. The third kappa shape index (κ3) is 3.42. The quantitative estimate of drug-likeness (QED) is 0.832. The van der Waals surface area contributed by atoms with E-state index < -0.39 is 0 Å². The number of hydrogen-bond donors (Lipinski definition) is 1. The molecule has 1 fully saturated rings.